The third kappa shape index (κ3) is 4.30. The minimum atomic E-state index is -1.51. The van der Waals surface area contributed by atoms with Gasteiger partial charge in [-0.2, -0.15) is 0 Å². The van der Waals surface area contributed by atoms with Gasteiger partial charge in [0.05, 0.1) is 6.61 Å². The Bertz CT molecular complexity index is 1300. The molecule has 162 valence electrons. The van der Waals surface area contributed by atoms with Crippen LogP contribution < -0.4 is 15.2 Å². The van der Waals surface area contributed by atoms with Crippen LogP contribution in [0.25, 0.3) is 20.8 Å². The second-order valence-electron chi connectivity index (χ2n) is 7.22. The summed E-state index contributed by atoms with van der Waals surface area (Å²) in [6.07, 6.45) is 0.305. The van der Waals surface area contributed by atoms with Crippen molar-refractivity contribution in [1.82, 2.24) is 0 Å². The van der Waals surface area contributed by atoms with Crippen molar-refractivity contribution in [2.45, 2.75) is 26.1 Å². The monoisotopic (exact) mass is 672 g/mol. The molecule has 1 atom stereocenters. The lowest BCUT2D eigenvalue weighted by molar-refractivity contribution is -0.150. The Morgan fingerprint density at radius 1 is 0.871 bits per heavy atom. The molecule has 1 N–H and O–H groups in total. The molecule has 0 spiro atoms. The molecule has 0 amide bonds. The number of rotatable bonds is 5. The first kappa shape index (κ1) is 23.5. The molecule has 7 heteroatoms. The van der Waals surface area contributed by atoms with Crippen LogP contribution in [-0.2, 0) is 4.74 Å². The van der Waals surface area contributed by atoms with Gasteiger partial charge in [0.1, 0.15) is 5.75 Å². The van der Waals surface area contributed by atoms with Crippen LogP contribution in [0.2, 0.25) is 0 Å². The van der Waals surface area contributed by atoms with E-state index in [0.717, 1.165) is 44.7 Å². The molecule has 1 aliphatic rings. The maximum Gasteiger partial charge on any atom is 0.198 e. The molecule has 0 fully saturated rings. The van der Waals surface area contributed by atoms with Crippen LogP contribution in [0.5, 0.6) is 5.75 Å². The SMILES string of the molecule is CCOc1cc(Br)c2cc(Br)ccc2c1C1=c2ccc(Br)cc2=C(Br)C[C@]1(O)OCC. The molecule has 0 unspecified atom stereocenters. The topological polar surface area (TPSA) is 38.7 Å². The van der Waals surface area contributed by atoms with Gasteiger partial charge in [-0.05, 0) is 65.4 Å². The zero-order valence-corrected chi connectivity index (χ0v) is 23.3. The Hall–Kier alpha value is -0.700. The van der Waals surface area contributed by atoms with Gasteiger partial charge < -0.3 is 14.6 Å². The van der Waals surface area contributed by atoms with Crippen LogP contribution in [0.1, 0.15) is 25.8 Å². The van der Waals surface area contributed by atoms with Crippen LogP contribution in [0.4, 0.5) is 0 Å². The highest BCUT2D eigenvalue weighted by Crippen LogP contribution is 2.45. The minimum absolute atomic E-state index is 0.305. The zero-order valence-electron chi connectivity index (χ0n) is 16.9. The first-order valence-electron chi connectivity index (χ1n) is 9.89. The summed E-state index contributed by atoms with van der Waals surface area (Å²) >= 11 is 14.5. The van der Waals surface area contributed by atoms with Crippen molar-refractivity contribution in [1.29, 1.82) is 0 Å². The predicted molar refractivity (Wildman–Crippen MR) is 140 cm³/mol. The molecule has 1 aliphatic carbocycles. The second-order valence-corrected chi connectivity index (χ2v) is 10.9. The fourth-order valence-corrected chi connectivity index (χ4v) is 6.08. The van der Waals surface area contributed by atoms with Gasteiger partial charge in [-0.25, -0.2) is 0 Å². The summed E-state index contributed by atoms with van der Waals surface area (Å²) in [6.45, 7) is 4.72. The fourth-order valence-electron chi connectivity index (χ4n) is 4.11. The van der Waals surface area contributed by atoms with Gasteiger partial charge in [0, 0.05) is 42.1 Å². The molecule has 0 aromatic heterocycles. The molecule has 0 saturated heterocycles. The Morgan fingerprint density at radius 3 is 2.29 bits per heavy atom. The average Bonchev–Trinajstić information content (AvgIpc) is 2.71. The lowest BCUT2D eigenvalue weighted by Crippen LogP contribution is -2.46. The van der Waals surface area contributed by atoms with Crippen LogP contribution >= 0.6 is 63.7 Å². The molecule has 0 radical (unpaired) electrons. The Morgan fingerprint density at radius 2 is 1.58 bits per heavy atom. The third-order valence-corrected chi connectivity index (χ3v) is 7.62. The Labute approximate surface area is 214 Å². The minimum Gasteiger partial charge on any atom is -0.493 e. The smallest absolute Gasteiger partial charge is 0.198 e. The van der Waals surface area contributed by atoms with E-state index in [1.165, 1.54) is 0 Å². The van der Waals surface area contributed by atoms with Gasteiger partial charge in [0.2, 0.25) is 0 Å². The van der Waals surface area contributed by atoms with Gasteiger partial charge in [-0.1, -0.05) is 75.9 Å². The van der Waals surface area contributed by atoms with Crippen molar-refractivity contribution in [3.05, 3.63) is 71.9 Å². The predicted octanol–water partition coefficient (Wildman–Crippen LogP) is 6.36. The molecule has 0 bridgehead atoms. The van der Waals surface area contributed by atoms with Crippen LogP contribution in [-0.4, -0.2) is 24.1 Å². The number of ether oxygens (including phenoxy) is 2. The van der Waals surface area contributed by atoms with E-state index in [4.69, 9.17) is 9.47 Å². The van der Waals surface area contributed by atoms with Gasteiger partial charge in [0.15, 0.2) is 5.79 Å². The van der Waals surface area contributed by atoms with Crippen LogP contribution in [0, 0.1) is 0 Å². The standard InChI is InChI=1S/C24H20Br4O3/c1-3-30-21-11-19(27)17-9-13(25)5-7-15(17)22(21)23-16-8-6-14(26)10-18(16)20(28)12-24(23,29)31-4-2/h5-11,29H,3-4,12H2,1-2H3/t24-/m0/s1. The molecule has 3 nitrogen and oxygen atoms in total. The Balaban J connectivity index is 2.25. The average molecular weight is 676 g/mol. The lowest BCUT2D eigenvalue weighted by atomic mass is 9.85. The summed E-state index contributed by atoms with van der Waals surface area (Å²) < 4.78 is 15.9. The molecule has 31 heavy (non-hydrogen) atoms. The van der Waals surface area contributed by atoms with Gasteiger partial charge in [-0.15, -0.1) is 0 Å². The van der Waals surface area contributed by atoms with Crippen molar-refractivity contribution in [2.24, 2.45) is 0 Å². The molecule has 3 aromatic carbocycles. The second kappa shape index (κ2) is 9.27. The van der Waals surface area contributed by atoms with Gasteiger partial charge in [-0.3, -0.25) is 0 Å². The summed E-state index contributed by atoms with van der Waals surface area (Å²) in [5, 5.41) is 15.8. The number of halogens is 4. The highest BCUT2D eigenvalue weighted by atomic mass is 79.9. The first-order valence-corrected chi connectivity index (χ1v) is 13.1. The van der Waals surface area contributed by atoms with Crippen molar-refractivity contribution >= 4 is 84.5 Å². The van der Waals surface area contributed by atoms with Crippen LogP contribution in [0.3, 0.4) is 0 Å². The largest absolute Gasteiger partial charge is 0.493 e. The number of hydrogen-bond acceptors (Lipinski definition) is 3. The number of hydrogen-bond donors (Lipinski definition) is 1. The van der Waals surface area contributed by atoms with Crippen LogP contribution in [0.15, 0.2) is 55.9 Å². The summed E-state index contributed by atoms with van der Waals surface area (Å²) in [5.41, 5.74) is 1.55. The fraction of sp³-hybridized carbons (Fsp3) is 0.250. The summed E-state index contributed by atoms with van der Waals surface area (Å²) in [4.78, 5) is 0. The van der Waals surface area contributed by atoms with E-state index in [1.54, 1.807) is 0 Å². The normalized spacial score (nSPS) is 18.4. The molecular formula is C24H20Br4O3. The highest BCUT2D eigenvalue weighted by molar-refractivity contribution is 9.14. The first-order chi connectivity index (χ1) is 14.8. The zero-order chi connectivity index (χ0) is 22.3. The molecule has 0 saturated carbocycles. The van der Waals surface area contributed by atoms with Gasteiger partial charge in [0.25, 0.3) is 0 Å². The summed E-state index contributed by atoms with van der Waals surface area (Å²) in [5.74, 6) is -0.808. The molecular weight excluding hydrogens is 656 g/mol. The Kier molecular flexibility index (Phi) is 7.02. The summed E-state index contributed by atoms with van der Waals surface area (Å²) in [6, 6.07) is 14.1. The van der Waals surface area contributed by atoms with Crippen molar-refractivity contribution in [3.63, 3.8) is 0 Å². The van der Waals surface area contributed by atoms with E-state index >= 15 is 0 Å². The molecule has 0 heterocycles. The van der Waals surface area contributed by atoms with E-state index in [9.17, 15) is 5.11 Å². The molecule has 0 aliphatic heterocycles. The molecule has 4 rings (SSSR count). The lowest BCUT2D eigenvalue weighted by Gasteiger charge is -2.35. The van der Waals surface area contributed by atoms with E-state index in [0.29, 0.717) is 31.0 Å². The van der Waals surface area contributed by atoms with E-state index < -0.39 is 5.79 Å². The van der Waals surface area contributed by atoms with E-state index in [2.05, 4.69) is 75.9 Å². The van der Waals surface area contributed by atoms with Crippen molar-refractivity contribution in [3.8, 4) is 5.75 Å². The maximum absolute atomic E-state index is 11.8. The van der Waals surface area contributed by atoms with E-state index in [1.807, 2.05) is 44.2 Å². The number of fused-ring (bicyclic) bond motifs is 2. The summed E-state index contributed by atoms with van der Waals surface area (Å²) in [7, 11) is 0. The molecule has 3 aromatic rings. The van der Waals surface area contributed by atoms with Gasteiger partial charge >= 0.3 is 0 Å². The third-order valence-electron chi connectivity index (χ3n) is 5.27. The van der Waals surface area contributed by atoms with Crippen molar-refractivity contribution < 1.29 is 14.6 Å². The number of aliphatic hydroxyl groups is 1. The van der Waals surface area contributed by atoms with Crippen molar-refractivity contribution in [2.75, 3.05) is 13.2 Å². The number of benzene rings is 3. The van der Waals surface area contributed by atoms with E-state index in [-0.39, 0.29) is 0 Å². The quantitative estimate of drug-likeness (QED) is 0.320. The maximum atomic E-state index is 11.8. The highest BCUT2D eigenvalue weighted by Gasteiger charge is 2.39.